The van der Waals surface area contributed by atoms with E-state index in [0.717, 1.165) is 12.6 Å². The monoisotopic (exact) mass is 201 g/mol. The Morgan fingerprint density at radius 1 is 1.36 bits per heavy atom. The van der Waals surface area contributed by atoms with Gasteiger partial charge in [0.15, 0.2) is 0 Å². The Balaban J connectivity index is 0. The van der Waals surface area contributed by atoms with Crippen LogP contribution in [0.15, 0.2) is 12.7 Å². The number of unbranched alkanes of at least 4 members (excludes halogenated alkanes) is 1. The van der Waals surface area contributed by atoms with Crippen LogP contribution in [0.3, 0.4) is 0 Å². The number of carbonyl (C=O) groups excluding carboxylic acids is 1. The highest BCUT2D eigenvalue weighted by molar-refractivity contribution is 5.81. The molecule has 0 unspecified atom stereocenters. The molecule has 0 aromatic carbocycles. The summed E-state index contributed by atoms with van der Waals surface area (Å²) in [6.45, 7) is 11.6. The summed E-state index contributed by atoms with van der Waals surface area (Å²) in [5, 5.41) is 3.02. The maximum Gasteiger partial charge on any atom is 0.330 e. The van der Waals surface area contributed by atoms with Crippen molar-refractivity contribution in [2.75, 3.05) is 19.7 Å². The summed E-state index contributed by atoms with van der Waals surface area (Å²) in [7, 11) is 0. The molecule has 0 saturated heterocycles. The first kappa shape index (κ1) is 15.6. The van der Waals surface area contributed by atoms with Crippen LogP contribution in [0.5, 0.6) is 0 Å². The topological polar surface area (TPSA) is 38.3 Å². The second kappa shape index (κ2) is 14.7. The molecule has 14 heavy (non-hydrogen) atoms. The molecule has 3 heteroatoms. The fourth-order valence-corrected chi connectivity index (χ4v) is 0.459. The number of hydrogen-bond acceptors (Lipinski definition) is 3. The van der Waals surface area contributed by atoms with Crippen molar-refractivity contribution >= 4 is 5.97 Å². The third kappa shape index (κ3) is 17.3. The molecule has 0 rings (SSSR count). The molecule has 0 aromatic rings. The highest BCUT2D eigenvalue weighted by Crippen LogP contribution is 1.77. The Bertz CT molecular complexity index is 133. The summed E-state index contributed by atoms with van der Waals surface area (Å²) < 4.78 is 4.67. The molecular formula is C11H23NO2. The van der Waals surface area contributed by atoms with E-state index in [-0.39, 0.29) is 5.97 Å². The summed E-state index contributed by atoms with van der Waals surface area (Å²) in [4.78, 5) is 10.4. The quantitative estimate of drug-likeness (QED) is 0.406. The highest BCUT2D eigenvalue weighted by atomic mass is 16.5. The van der Waals surface area contributed by atoms with E-state index in [2.05, 4.69) is 30.5 Å². The lowest BCUT2D eigenvalue weighted by Crippen LogP contribution is -2.20. The van der Waals surface area contributed by atoms with Crippen LogP contribution in [0.4, 0.5) is 0 Å². The van der Waals surface area contributed by atoms with Gasteiger partial charge in [-0.15, -0.1) is 0 Å². The molecule has 3 nitrogen and oxygen atoms in total. The minimum absolute atomic E-state index is 0.363. The fraction of sp³-hybridized carbons (Fsp3) is 0.727. The van der Waals surface area contributed by atoms with Crippen LogP contribution in [0.1, 0.15) is 33.6 Å². The maximum atomic E-state index is 10.4. The molecule has 0 heterocycles. The van der Waals surface area contributed by atoms with E-state index in [1.54, 1.807) is 0 Å². The minimum Gasteiger partial charge on any atom is -0.461 e. The second-order valence-electron chi connectivity index (χ2n) is 2.73. The van der Waals surface area contributed by atoms with Gasteiger partial charge in [-0.05, 0) is 6.54 Å². The predicted molar refractivity (Wildman–Crippen MR) is 60.3 cm³/mol. The van der Waals surface area contributed by atoms with E-state index in [1.807, 2.05) is 6.92 Å². The van der Waals surface area contributed by atoms with Crippen molar-refractivity contribution in [1.29, 1.82) is 0 Å². The molecule has 0 bridgehead atoms. The lowest BCUT2D eigenvalue weighted by atomic mass is 10.4. The predicted octanol–water partition coefficient (Wildman–Crippen LogP) is 2.13. The van der Waals surface area contributed by atoms with E-state index in [4.69, 9.17) is 0 Å². The van der Waals surface area contributed by atoms with Crippen LogP contribution in [0, 0.1) is 0 Å². The van der Waals surface area contributed by atoms with E-state index >= 15 is 0 Å². The van der Waals surface area contributed by atoms with Crippen molar-refractivity contribution < 1.29 is 9.53 Å². The fourth-order valence-electron chi connectivity index (χ4n) is 0.459. The molecule has 0 spiro atoms. The average molecular weight is 201 g/mol. The third-order valence-electron chi connectivity index (χ3n) is 1.44. The van der Waals surface area contributed by atoms with E-state index in [1.165, 1.54) is 12.8 Å². The van der Waals surface area contributed by atoms with Crippen molar-refractivity contribution in [2.24, 2.45) is 0 Å². The van der Waals surface area contributed by atoms with Crippen molar-refractivity contribution in [1.82, 2.24) is 5.32 Å². The molecular weight excluding hydrogens is 178 g/mol. The van der Waals surface area contributed by atoms with Gasteiger partial charge in [0.1, 0.15) is 6.61 Å². The zero-order valence-electron chi connectivity index (χ0n) is 9.64. The number of ether oxygens (including phenoxy) is 1. The first-order chi connectivity index (χ1) is 6.72. The second-order valence-corrected chi connectivity index (χ2v) is 2.73. The van der Waals surface area contributed by atoms with Crippen molar-refractivity contribution in [3.63, 3.8) is 0 Å². The average Bonchev–Trinajstić information content (AvgIpc) is 2.24. The Kier molecular flexibility index (Phi) is 16.4. The van der Waals surface area contributed by atoms with E-state index in [9.17, 15) is 4.79 Å². The number of carbonyl (C=O) groups is 1. The van der Waals surface area contributed by atoms with E-state index in [0.29, 0.717) is 13.2 Å². The van der Waals surface area contributed by atoms with Gasteiger partial charge < -0.3 is 10.1 Å². The summed E-state index contributed by atoms with van der Waals surface area (Å²) in [6.07, 6.45) is 3.80. The third-order valence-corrected chi connectivity index (χ3v) is 1.44. The van der Waals surface area contributed by atoms with Gasteiger partial charge in [-0.3, -0.25) is 0 Å². The molecule has 0 aliphatic heterocycles. The van der Waals surface area contributed by atoms with Crippen LogP contribution in [0.2, 0.25) is 0 Å². The van der Waals surface area contributed by atoms with Crippen LogP contribution in [-0.2, 0) is 9.53 Å². The zero-order chi connectivity index (χ0) is 11.2. The molecule has 0 aliphatic carbocycles. The van der Waals surface area contributed by atoms with Gasteiger partial charge in [-0.1, -0.05) is 40.2 Å². The van der Waals surface area contributed by atoms with Gasteiger partial charge in [-0.25, -0.2) is 4.79 Å². The molecule has 0 amide bonds. The lowest BCUT2D eigenvalue weighted by molar-refractivity contribution is -0.137. The van der Waals surface area contributed by atoms with Gasteiger partial charge in [0.2, 0.25) is 0 Å². The van der Waals surface area contributed by atoms with Gasteiger partial charge >= 0.3 is 5.97 Å². The van der Waals surface area contributed by atoms with Crippen molar-refractivity contribution in [3.05, 3.63) is 12.7 Å². The molecule has 84 valence electrons. The van der Waals surface area contributed by atoms with Crippen LogP contribution >= 0.6 is 0 Å². The van der Waals surface area contributed by atoms with Crippen molar-refractivity contribution in [3.8, 4) is 0 Å². The number of likely N-dealkylation sites (N-methyl/N-ethyl adjacent to an activating group) is 1. The van der Waals surface area contributed by atoms with Gasteiger partial charge in [-0.2, -0.15) is 0 Å². The van der Waals surface area contributed by atoms with Crippen LogP contribution in [0.25, 0.3) is 0 Å². The normalized spacial score (nSPS) is 8.50. The standard InChI is InChI=1S/C7H13NO2.C4H10/c1-3-7(9)10-6-5-8-4-2;1-3-4-2/h3,8H,1,4-6H2,2H3;3-4H2,1-2H3. The molecule has 0 atom stereocenters. The largest absolute Gasteiger partial charge is 0.461 e. The SMILES string of the molecule is C=CC(=O)OCCNCC.CCCC. The number of hydrogen-bond donors (Lipinski definition) is 1. The highest BCUT2D eigenvalue weighted by Gasteiger charge is 1.91. The number of rotatable bonds is 6. The van der Waals surface area contributed by atoms with Crippen LogP contribution in [-0.4, -0.2) is 25.7 Å². The molecule has 1 N–H and O–H groups in total. The Hall–Kier alpha value is -0.830. The first-order valence-corrected chi connectivity index (χ1v) is 5.22. The lowest BCUT2D eigenvalue weighted by Gasteiger charge is -2.00. The van der Waals surface area contributed by atoms with Gasteiger partial charge in [0.25, 0.3) is 0 Å². The number of nitrogens with one attached hydrogen (secondary N) is 1. The summed E-state index contributed by atoms with van der Waals surface area (Å²) >= 11 is 0. The van der Waals surface area contributed by atoms with Crippen molar-refractivity contribution in [2.45, 2.75) is 33.6 Å². The first-order valence-electron chi connectivity index (χ1n) is 5.22. The van der Waals surface area contributed by atoms with Gasteiger partial charge in [0, 0.05) is 12.6 Å². The Morgan fingerprint density at radius 3 is 2.29 bits per heavy atom. The van der Waals surface area contributed by atoms with Crippen LogP contribution < -0.4 is 5.32 Å². The van der Waals surface area contributed by atoms with Gasteiger partial charge in [0.05, 0.1) is 0 Å². The molecule has 0 aliphatic rings. The Labute approximate surface area is 87.5 Å². The zero-order valence-corrected chi connectivity index (χ0v) is 9.64. The summed E-state index contributed by atoms with van der Waals surface area (Å²) in [6, 6.07) is 0. The summed E-state index contributed by atoms with van der Waals surface area (Å²) in [5.74, 6) is -0.363. The smallest absolute Gasteiger partial charge is 0.330 e. The van der Waals surface area contributed by atoms with E-state index < -0.39 is 0 Å². The Morgan fingerprint density at radius 2 is 1.93 bits per heavy atom. The summed E-state index contributed by atoms with van der Waals surface area (Å²) in [5.41, 5.74) is 0. The molecule has 0 saturated carbocycles. The maximum absolute atomic E-state index is 10.4. The molecule has 0 aromatic heterocycles. The molecule has 0 fully saturated rings. The number of esters is 1. The molecule has 0 radical (unpaired) electrons. The minimum atomic E-state index is -0.363.